The number of rotatable bonds is 5. The molecule has 0 amide bonds. The lowest BCUT2D eigenvalue weighted by atomic mass is 9.90. The first-order chi connectivity index (χ1) is 9.15. The first-order valence-electron chi connectivity index (χ1n) is 7.22. The van der Waals surface area contributed by atoms with E-state index in [0.29, 0.717) is 12.0 Å². The summed E-state index contributed by atoms with van der Waals surface area (Å²) in [6.45, 7) is 5.46. The number of benzene rings is 1. The highest BCUT2D eigenvalue weighted by Gasteiger charge is 2.31. The summed E-state index contributed by atoms with van der Waals surface area (Å²) in [5.41, 5.74) is 1.20. The van der Waals surface area contributed by atoms with Gasteiger partial charge in [-0.3, -0.25) is 0 Å². The summed E-state index contributed by atoms with van der Waals surface area (Å²) in [6, 6.07) is 6.27. The number of halogens is 1. The van der Waals surface area contributed by atoms with Crippen LogP contribution in [0.1, 0.15) is 44.7 Å². The van der Waals surface area contributed by atoms with Crippen LogP contribution in [0, 0.1) is 11.8 Å². The second-order valence-corrected chi connectivity index (χ2v) is 6.04. The molecule has 1 fully saturated rings. The van der Waals surface area contributed by atoms with Crippen molar-refractivity contribution < 1.29 is 4.74 Å². The van der Waals surface area contributed by atoms with Crippen LogP contribution >= 0.6 is 11.6 Å². The second-order valence-electron chi connectivity index (χ2n) is 5.60. The van der Waals surface area contributed by atoms with E-state index in [-0.39, 0.29) is 0 Å². The number of ether oxygens (including phenoxy) is 1. The Labute approximate surface area is 121 Å². The third-order valence-electron chi connectivity index (χ3n) is 4.16. The standard InChI is InChI=1S/C16H24ClNO/c1-4-18-16(12-6-5-11(2)9-12)14-10-13(17)7-8-15(14)19-3/h7-8,10-12,16,18H,4-6,9H2,1-3H3. The number of hydrogen-bond donors (Lipinski definition) is 1. The van der Waals surface area contributed by atoms with Crippen molar-refractivity contribution in [2.24, 2.45) is 11.8 Å². The molecule has 0 bridgehead atoms. The Hall–Kier alpha value is -0.730. The Balaban J connectivity index is 2.30. The lowest BCUT2D eigenvalue weighted by Gasteiger charge is -2.26. The van der Waals surface area contributed by atoms with E-state index >= 15 is 0 Å². The van der Waals surface area contributed by atoms with Gasteiger partial charge in [-0.1, -0.05) is 31.9 Å². The molecule has 2 rings (SSSR count). The molecule has 0 radical (unpaired) electrons. The molecule has 1 aromatic rings. The monoisotopic (exact) mass is 281 g/mol. The van der Waals surface area contributed by atoms with Crippen LogP contribution in [0.4, 0.5) is 0 Å². The Morgan fingerprint density at radius 1 is 1.42 bits per heavy atom. The highest BCUT2D eigenvalue weighted by molar-refractivity contribution is 6.30. The summed E-state index contributed by atoms with van der Waals surface area (Å²) in [6.07, 6.45) is 3.90. The van der Waals surface area contributed by atoms with Crippen molar-refractivity contribution in [3.05, 3.63) is 28.8 Å². The maximum Gasteiger partial charge on any atom is 0.123 e. The lowest BCUT2D eigenvalue weighted by molar-refractivity contribution is 0.343. The van der Waals surface area contributed by atoms with Gasteiger partial charge in [-0.2, -0.15) is 0 Å². The van der Waals surface area contributed by atoms with Crippen LogP contribution in [0.15, 0.2) is 18.2 Å². The quantitative estimate of drug-likeness (QED) is 0.862. The summed E-state index contributed by atoms with van der Waals surface area (Å²) in [5.74, 6) is 2.45. The SMILES string of the molecule is CCNC(c1cc(Cl)ccc1OC)C1CCC(C)C1. The van der Waals surface area contributed by atoms with Crippen molar-refractivity contribution in [3.8, 4) is 5.75 Å². The first-order valence-corrected chi connectivity index (χ1v) is 7.60. The van der Waals surface area contributed by atoms with E-state index in [4.69, 9.17) is 16.3 Å². The highest BCUT2D eigenvalue weighted by Crippen LogP contribution is 2.41. The van der Waals surface area contributed by atoms with Gasteiger partial charge >= 0.3 is 0 Å². The van der Waals surface area contributed by atoms with E-state index < -0.39 is 0 Å². The van der Waals surface area contributed by atoms with Crippen LogP contribution in [0.25, 0.3) is 0 Å². The molecule has 0 spiro atoms. The highest BCUT2D eigenvalue weighted by atomic mass is 35.5. The summed E-state index contributed by atoms with van der Waals surface area (Å²) in [4.78, 5) is 0. The molecule has 2 nitrogen and oxygen atoms in total. The van der Waals surface area contributed by atoms with Crippen LogP contribution in [-0.4, -0.2) is 13.7 Å². The van der Waals surface area contributed by atoms with Crippen molar-refractivity contribution in [1.29, 1.82) is 0 Å². The van der Waals surface area contributed by atoms with Gasteiger partial charge in [0.15, 0.2) is 0 Å². The molecule has 1 aromatic carbocycles. The maximum absolute atomic E-state index is 6.17. The van der Waals surface area contributed by atoms with Gasteiger partial charge in [-0.25, -0.2) is 0 Å². The first kappa shape index (κ1) is 14.7. The van der Waals surface area contributed by atoms with Crippen LogP contribution in [0.5, 0.6) is 5.75 Å². The van der Waals surface area contributed by atoms with Gasteiger partial charge in [0.2, 0.25) is 0 Å². The molecule has 0 aliphatic heterocycles. The fourth-order valence-corrected chi connectivity index (χ4v) is 3.43. The van der Waals surface area contributed by atoms with E-state index in [1.54, 1.807) is 7.11 Å². The molecular weight excluding hydrogens is 258 g/mol. The van der Waals surface area contributed by atoms with Crippen LogP contribution in [0.3, 0.4) is 0 Å². The Morgan fingerprint density at radius 2 is 2.21 bits per heavy atom. The average molecular weight is 282 g/mol. The van der Waals surface area contributed by atoms with Crippen molar-refractivity contribution in [1.82, 2.24) is 5.32 Å². The van der Waals surface area contributed by atoms with E-state index in [1.165, 1.54) is 24.8 Å². The molecule has 19 heavy (non-hydrogen) atoms. The molecule has 0 saturated heterocycles. The van der Waals surface area contributed by atoms with Crippen molar-refractivity contribution in [2.45, 2.75) is 39.2 Å². The molecule has 3 atom stereocenters. The molecular formula is C16H24ClNO. The van der Waals surface area contributed by atoms with Gasteiger partial charge in [-0.05, 0) is 49.4 Å². The third kappa shape index (κ3) is 3.43. The molecule has 1 aliphatic carbocycles. The van der Waals surface area contributed by atoms with Crippen LogP contribution in [0.2, 0.25) is 5.02 Å². The minimum absolute atomic E-state index is 0.351. The normalized spacial score (nSPS) is 24.4. The largest absolute Gasteiger partial charge is 0.496 e. The number of hydrogen-bond acceptors (Lipinski definition) is 2. The molecule has 106 valence electrons. The molecule has 0 aromatic heterocycles. The van der Waals surface area contributed by atoms with E-state index in [1.807, 2.05) is 12.1 Å². The second kappa shape index (κ2) is 6.62. The lowest BCUT2D eigenvalue weighted by Crippen LogP contribution is -2.27. The molecule has 3 unspecified atom stereocenters. The Bertz CT molecular complexity index is 421. The zero-order valence-electron chi connectivity index (χ0n) is 12.1. The third-order valence-corrected chi connectivity index (χ3v) is 4.39. The molecule has 1 aliphatic rings. The Morgan fingerprint density at radius 3 is 2.79 bits per heavy atom. The average Bonchev–Trinajstić information content (AvgIpc) is 2.82. The van der Waals surface area contributed by atoms with E-state index in [2.05, 4.69) is 25.2 Å². The molecule has 1 N–H and O–H groups in total. The van der Waals surface area contributed by atoms with Gasteiger partial charge in [0.05, 0.1) is 7.11 Å². The molecule has 3 heteroatoms. The van der Waals surface area contributed by atoms with E-state index in [0.717, 1.165) is 23.2 Å². The summed E-state index contributed by atoms with van der Waals surface area (Å²) >= 11 is 6.17. The van der Waals surface area contributed by atoms with Crippen molar-refractivity contribution in [2.75, 3.05) is 13.7 Å². The number of nitrogens with one attached hydrogen (secondary N) is 1. The predicted octanol–water partition coefficient (Wildman–Crippen LogP) is 4.44. The smallest absolute Gasteiger partial charge is 0.123 e. The van der Waals surface area contributed by atoms with Gasteiger partial charge in [-0.15, -0.1) is 0 Å². The van der Waals surface area contributed by atoms with Gasteiger partial charge in [0.1, 0.15) is 5.75 Å². The Kier molecular flexibility index (Phi) is 5.12. The molecule has 1 saturated carbocycles. The fraction of sp³-hybridized carbons (Fsp3) is 0.625. The topological polar surface area (TPSA) is 21.3 Å². The van der Waals surface area contributed by atoms with Crippen LogP contribution < -0.4 is 10.1 Å². The van der Waals surface area contributed by atoms with E-state index in [9.17, 15) is 0 Å². The van der Waals surface area contributed by atoms with Gasteiger partial charge in [0, 0.05) is 16.6 Å². The molecule has 0 heterocycles. The van der Waals surface area contributed by atoms with Crippen molar-refractivity contribution in [3.63, 3.8) is 0 Å². The minimum Gasteiger partial charge on any atom is -0.496 e. The van der Waals surface area contributed by atoms with Gasteiger partial charge < -0.3 is 10.1 Å². The summed E-state index contributed by atoms with van der Waals surface area (Å²) in [7, 11) is 1.73. The van der Waals surface area contributed by atoms with Gasteiger partial charge in [0.25, 0.3) is 0 Å². The summed E-state index contributed by atoms with van der Waals surface area (Å²) in [5, 5.41) is 4.41. The maximum atomic E-state index is 6.17. The van der Waals surface area contributed by atoms with Crippen LogP contribution in [-0.2, 0) is 0 Å². The number of methoxy groups -OCH3 is 1. The zero-order chi connectivity index (χ0) is 13.8. The summed E-state index contributed by atoms with van der Waals surface area (Å²) < 4.78 is 5.52. The van der Waals surface area contributed by atoms with Crippen molar-refractivity contribution >= 4 is 11.6 Å². The zero-order valence-corrected chi connectivity index (χ0v) is 12.8. The minimum atomic E-state index is 0.351. The predicted molar refractivity (Wildman–Crippen MR) is 80.9 cm³/mol. The fourth-order valence-electron chi connectivity index (χ4n) is 3.25.